The number of ether oxygens (including phenoxy) is 1. The van der Waals surface area contributed by atoms with Crippen molar-refractivity contribution in [2.75, 3.05) is 20.3 Å². The van der Waals surface area contributed by atoms with Crippen molar-refractivity contribution in [3.8, 4) is 0 Å². The maximum atomic E-state index is 13.2. The predicted molar refractivity (Wildman–Crippen MR) is 59.2 cm³/mol. The lowest BCUT2D eigenvalue weighted by molar-refractivity contribution is 0.192. The number of rotatable bonds is 7. The van der Waals surface area contributed by atoms with E-state index >= 15 is 0 Å². The molecule has 90 valence electrons. The molecule has 4 heteroatoms. The number of hydrogen-bond donors (Lipinski definition) is 1. The molecule has 0 unspecified atom stereocenters. The molecule has 2 nitrogen and oxygen atoms in total. The van der Waals surface area contributed by atoms with E-state index in [0.717, 1.165) is 38.1 Å². The molecule has 0 radical (unpaired) electrons. The molecule has 1 rings (SSSR count). The molecule has 0 saturated carbocycles. The van der Waals surface area contributed by atoms with Crippen molar-refractivity contribution in [1.29, 1.82) is 0 Å². The van der Waals surface area contributed by atoms with Crippen LogP contribution in [0.25, 0.3) is 0 Å². The summed E-state index contributed by atoms with van der Waals surface area (Å²) in [6.45, 7) is 1.87. The van der Waals surface area contributed by atoms with Crippen molar-refractivity contribution < 1.29 is 13.5 Å². The fourth-order valence-electron chi connectivity index (χ4n) is 1.40. The van der Waals surface area contributed by atoms with E-state index in [1.165, 1.54) is 6.07 Å². The average Bonchev–Trinajstić information content (AvgIpc) is 2.28. The van der Waals surface area contributed by atoms with Crippen molar-refractivity contribution >= 4 is 0 Å². The highest BCUT2D eigenvalue weighted by atomic mass is 19.1. The summed E-state index contributed by atoms with van der Waals surface area (Å²) in [5.74, 6) is -0.775. The Morgan fingerprint density at radius 1 is 1.25 bits per heavy atom. The van der Waals surface area contributed by atoms with Crippen LogP contribution in [0.2, 0.25) is 0 Å². The van der Waals surface area contributed by atoms with Gasteiger partial charge < -0.3 is 10.1 Å². The van der Waals surface area contributed by atoms with Crippen LogP contribution in [0, 0.1) is 11.6 Å². The van der Waals surface area contributed by atoms with Gasteiger partial charge in [0.05, 0.1) is 0 Å². The van der Waals surface area contributed by atoms with Gasteiger partial charge in [0.25, 0.3) is 0 Å². The maximum absolute atomic E-state index is 13.2. The summed E-state index contributed by atoms with van der Waals surface area (Å²) in [7, 11) is 1.66. The molecule has 0 spiro atoms. The second-order valence-corrected chi connectivity index (χ2v) is 3.61. The maximum Gasteiger partial charge on any atom is 0.127 e. The van der Waals surface area contributed by atoms with Gasteiger partial charge in [0.2, 0.25) is 0 Å². The molecule has 0 aliphatic carbocycles. The topological polar surface area (TPSA) is 21.3 Å². The monoisotopic (exact) mass is 229 g/mol. The lowest BCUT2D eigenvalue weighted by Gasteiger charge is -2.06. The predicted octanol–water partition coefficient (Wildman–Crippen LogP) is 2.48. The molecule has 0 fully saturated rings. The third-order valence-corrected chi connectivity index (χ3v) is 2.28. The zero-order valence-electron chi connectivity index (χ0n) is 9.43. The minimum atomic E-state index is -0.405. The molecule has 1 N–H and O–H groups in total. The Kier molecular flexibility index (Phi) is 5.96. The van der Waals surface area contributed by atoms with Crippen LogP contribution in [-0.4, -0.2) is 20.3 Å². The Morgan fingerprint density at radius 3 is 2.81 bits per heavy atom. The quantitative estimate of drug-likeness (QED) is 0.725. The van der Waals surface area contributed by atoms with Gasteiger partial charge in [-0.3, -0.25) is 0 Å². The smallest absolute Gasteiger partial charge is 0.127 e. The minimum absolute atomic E-state index is 0.358. The highest BCUT2D eigenvalue weighted by molar-refractivity contribution is 5.18. The van der Waals surface area contributed by atoms with Crippen LogP contribution in [0.15, 0.2) is 18.2 Å². The first kappa shape index (κ1) is 13.1. The van der Waals surface area contributed by atoms with Gasteiger partial charge in [0, 0.05) is 25.8 Å². The van der Waals surface area contributed by atoms with E-state index in [1.807, 2.05) is 0 Å². The van der Waals surface area contributed by atoms with Gasteiger partial charge in [-0.25, -0.2) is 8.78 Å². The average molecular weight is 229 g/mol. The zero-order valence-corrected chi connectivity index (χ0v) is 9.43. The second kappa shape index (κ2) is 7.30. The van der Waals surface area contributed by atoms with Gasteiger partial charge in [-0.1, -0.05) is 0 Å². The summed E-state index contributed by atoms with van der Waals surface area (Å²) >= 11 is 0. The molecule has 0 atom stereocenters. The molecule has 0 amide bonds. The standard InChI is InChI=1S/C12H17F2NO/c1-16-7-3-2-6-15-9-10-8-11(13)4-5-12(10)14/h4-5,8,15H,2-3,6-7,9H2,1H3. The van der Waals surface area contributed by atoms with Crippen LogP contribution >= 0.6 is 0 Å². The van der Waals surface area contributed by atoms with E-state index in [9.17, 15) is 8.78 Å². The molecule has 16 heavy (non-hydrogen) atoms. The molecule has 0 aromatic heterocycles. The van der Waals surface area contributed by atoms with Gasteiger partial charge in [-0.15, -0.1) is 0 Å². The first-order chi connectivity index (χ1) is 7.74. The van der Waals surface area contributed by atoms with E-state index < -0.39 is 5.82 Å². The first-order valence-electron chi connectivity index (χ1n) is 5.37. The number of benzene rings is 1. The zero-order chi connectivity index (χ0) is 11.8. The third-order valence-electron chi connectivity index (χ3n) is 2.28. The normalized spacial score (nSPS) is 10.7. The van der Waals surface area contributed by atoms with Crippen molar-refractivity contribution in [3.63, 3.8) is 0 Å². The van der Waals surface area contributed by atoms with Crippen LogP contribution < -0.4 is 5.32 Å². The largest absolute Gasteiger partial charge is 0.385 e. The summed E-state index contributed by atoms with van der Waals surface area (Å²) in [5, 5.41) is 3.07. The van der Waals surface area contributed by atoms with E-state index in [1.54, 1.807) is 7.11 Å². The molecular weight excluding hydrogens is 212 g/mol. The van der Waals surface area contributed by atoms with Crippen LogP contribution in [0.3, 0.4) is 0 Å². The molecule has 0 aliphatic heterocycles. The Balaban J connectivity index is 2.23. The fraction of sp³-hybridized carbons (Fsp3) is 0.500. The van der Waals surface area contributed by atoms with E-state index in [0.29, 0.717) is 12.1 Å². The van der Waals surface area contributed by atoms with Gasteiger partial charge in [-0.05, 0) is 37.6 Å². The fourth-order valence-corrected chi connectivity index (χ4v) is 1.40. The van der Waals surface area contributed by atoms with Crippen molar-refractivity contribution in [3.05, 3.63) is 35.4 Å². The number of hydrogen-bond acceptors (Lipinski definition) is 2. The molecule has 0 heterocycles. The summed E-state index contributed by atoms with van der Waals surface area (Å²) in [5.41, 5.74) is 0.367. The van der Waals surface area contributed by atoms with E-state index in [2.05, 4.69) is 5.32 Å². The number of halogens is 2. The summed E-state index contributed by atoms with van der Waals surface area (Å²) in [6, 6.07) is 3.49. The van der Waals surface area contributed by atoms with Gasteiger partial charge >= 0.3 is 0 Å². The van der Waals surface area contributed by atoms with Crippen LogP contribution in [-0.2, 0) is 11.3 Å². The highest BCUT2D eigenvalue weighted by Gasteiger charge is 2.02. The van der Waals surface area contributed by atoms with E-state index in [-0.39, 0.29) is 5.82 Å². The lowest BCUT2D eigenvalue weighted by Crippen LogP contribution is -2.16. The van der Waals surface area contributed by atoms with Crippen LogP contribution in [0.1, 0.15) is 18.4 Å². The molecule has 0 saturated heterocycles. The van der Waals surface area contributed by atoms with Crippen LogP contribution in [0.4, 0.5) is 8.78 Å². The number of unbranched alkanes of at least 4 members (excludes halogenated alkanes) is 1. The Bertz CT molecular complexity index is 318. The summed E-state index contributed by atoms with van der Waals surface area (Å²) in [4.78, 5) is 0. The Hall–Kier alpha value is -1.00. The SMILES string of the molecule is COCCCCNCc1cc(F)ccc1F. The Morgan fingerprint density at radius 2 is 2.06 bits per heavy atom. The number of nitrogens with one attached hydrogen (secondary N) is 1. The first-order valence-corrected chi connectivity index (χ1v) is 5.37. The molecule has 0 bridgehead atoms. The Labute approximate surface area is 94.6 Å². The van der Waals surface area contributed by atoms with E-state index in [4.69, 9.17) is 4.74 Å². The molecular formula is C12H17F2NO. The molecule has 1 aromatic carbocycles. The third kappa shape index (κ3) is 4.68. The van der Waals surface area contributed by atoms with Gasteiger partial charge in [-0.2, -0.15) is 0 Å². The molecule has 1 aromatic rings. The van der Waals surface area contributed by atoms with Crippen LogP contribution in [0.5, 0.6) is 0 Å². The second-order valence-electron chi connectivity index (χ2n) is 3.61. The summed E-state index contributed by atoms with van der Waals surface area (Å²) < 4.78 is 30.9. The molecule has 0 aliphatic rings. The minimum Gasteiger partial charge on any atom is -0.385 e. The lowest BCUT2D eigenvalue weighted by atomic mass is 10.2. The van der Waals surface area contributed by atoms with Gasteiger partial charge in [0.15, 0.2) is 0 Å². The highest BCUT2D eigenvalue weighted by Crippen LogP contribution is 2.09. The van der Waals surface area contributed by atoms with Crippen molar-refractivity contribution in [2.24, 2.45) is 0 Å². The number of methoxy groups -OCH3 is 1. The van der Waals surface area contributed by atoms with Crippen molar-refractivity contribution in [1.82, 2.24) is 5.32 Å². The van der Waals surface area contributed by atoms with Crippen molar-refractivity contribution in [2.45, 2.75) is 19.4 Å². The summed E-state index contributed by atoms with van der Waals surface area (Å²) in [6.07, 6.45) is 1.93. The van der Waals surface area contributed by atoms with Gasteiger partial charge in [0.1, 0.15) is 11.6 Å².